The molecule has 1 aliphatic rings. The van der Waals surface area contributed by atoms with E-state index in [9.17, 15) is 9.59 Å². The predicted molar refractivity (Wildman–Crippen MR) is 138 cm³/mol. The number of thiophene rings is 1. The Hall–Kier alpha value is -2.94. The molecule has 4 aromatic rings. The van der Waals surface area contributed by atoms with Gasteiger partial charge in [0.15, 0.2) is 5.16 Å². The lowest BCUT2D eigenvalue weighted by molar-refractivity contribution is -0.113. The number of para-hydroxylation sites is 2. The van der Waals surface area contributed by atoms with Gasteiger partial charge in [-0.15, -0.1) is 11.3 Å². The van der Waals surface area contributed by atoms with Crippen LogP contribution in [0.2, 0.25) is 0 Å². The number of rotatable bonds is 6. The summed E-state index contributed by atoms with van der Waals surface area (Å²) in [4.78, 5) is 33.1. The number of carbonyl (C=O) groups is 1. The van der Waals surface area contributed by atoms with Crippen LogP contribution in [0, 0.1) is 5.92 Å². The Balaban J connectivity index is 1.53. The number of ether oxygens (including phenoxy) is 1. The molecule has 0 spiro atoms. The molecule has 34 heavy (non-hydrogen) atoms. The quantitative estimate of drug-likeness (QED) is 0.294. The van der Waals surface area contributed by atoms with Crippen LogP contribution in [0.3, 0.4) is 0 Å². The molecular formula is C26H25N3O3S2. The summed E-state index contributed by atoms with van der Waals surface area (Å²) < 4.78 is 7.67. The summed E-state index contributed by atoms with van der Waals surface area (Å²) in [5.74, 6) is 0.359. The molecule has 1 atom stereocenters. The van der Waals surface area contributed by atoms with Crippen LogP contribution in [0.15, 0.2) is 70.6 Å². The molecule has 0 unspecified atom stereocenters. The first-order chi connectivity index (χ1) is 16.5. The number of aromatic nitrogens is 2. The molecule has 0 fully saturated rings. The lowest BCUT2D eigenvalue weighted by Gasteiger charge is -2.26. The molecule has 0 saturated carbocycles. The number of nitrogens with one attached hydrogen (secondary N) is 1. The van der Waals surface area contributed by atoms with E-state index in [4.69, 9.17) is 9.72 Å². The monoisotopic (exact) mass is 491 g/mol. The number of fused-ring (bicyclic) bond motifs is 3. The van der Waals surface area contributed by atoms with E-state index in [1.165, 1.54) is 23.1 Å². The molecule has 1 N–H and O–H groups in total. The van der Waals surface area contributed by atoms with E-state index in [0.717, 1.165) is 21.8 Å². The van der Waals surface area contributed by atoms with E-state index < -0.39 is 0 Å². The lowest BCUT2D eigenvalue weighted by atomic mass is 9.96. The Morgan fingerprint density at radius 3 is 2.59 bits per heavy atom. The summed E-state index contributed by atoms with van der Waals surface area (Å²) in [5, 5.41) is 4.07. The van der Waals surface area contributed by atoms with Gasteiger partial charge in [0, 0.05) is 17.0 Å². The topological polar surface area (TPSA) is 73.2 Å². The Bertz CT molecular complexity index is 1380. The minimum absolute atomic E-state index is 0.0885. The van der Waals surface area contributed by atoms with E-state index in [1.54, 1.807) is 4.57 Å². The summed E-state index contributed by atoms with van der Waals surface area (Å²) >= 11 is 2.78. The Morgan fingerprint density at radius 2 is 1.88 bits per heavy atom. The van der Waals surface area contributed by atoms with Crippen LogP contribution in [0.4, 0.5) is 5.69 Å². The van der Waals surface area contributed by atoms with Gasteiger partial charge in [-0.05, 0) is 35.7 Å². The van der Waals surface area contributed by atoms with Crippen LogP contribution in [0.5, 0.6) is 0 Å². The minimum Gasteiger partial charge on any atom is -0.372 e. The molecule has 0 saturated heterocycles. The molecule has 8 heteroatoms. The fourth-order valence-electron chi connectivity index (χ4n) is 4.09. The molecule has 5 rings (SSSR count). The molecular weight excluding hydrogens is 466 g/mol. The summed E-state index contributed by atoms with van der Waals surface area (Å²) in [7, 11) is 0. The van der Waals surface area contributed by atoms with Crippen LogP contribution in [0.25, 0.3) is 15.9 Å². The van der Waals surface area contributed by atoms with Crippen LogP contribution < -0.4 is 10.9 Å². The van der Waals surface area contributed by atoms with Crippen LogP contribution in [-0.4, -0.2) is 27.3 Å². The second kappa shape index (κ2) is 9.74. The van der Waals surface area contributed by atoms with Crippen molar-refractivity contribution in [3.8, 4) is 5.69 Å². The maximum absolute atomic E-state index is 13.9. The Morgan fingerprint density at radius 1 is 1.18 bits per heavy atom. The van der Waals surface area contributed by atoms with E-state index in [-0.39, 0.29) is 23.3 Å². The van der Waals surface area contributed by atoms with Gasteiger partial charge in [-0.3, -0.25) is 14.2 Å². The molecule has 1 aliphatic heterocycles. The third-order valence-corrected chi connectivity index (χ3v) is 7.90. The van der Waals surface area contributed by atoms with Crippen molar-refractivity contribution in [2.45, 2.75) is 38.1 Å². The maximum Gasteiger partial charge on any atom is 0.267 e. The van der Waals surface area contributed by atoms with Gasteiger partial charge in [-0.1, -0.05) is 62.0 Å². The fourth-order valence-corrected chi connectivity index (χ4v) is 6.06. The number of benzene rings is 2. The summed E-state index contributed by atoms with van der Waals surface area (Å²) in [6.45, 7) is 4.78. The van der Waals surface area contributed by atoms with Crippen molar-refractivity contribution in [3.63, 3.8) is 0 Å². The van der Waals surface area contributed by atoms with Gasteiger partial charge in [-0.25, -0.2) is 4.98 Å². The normalized spacial score (nSPS) is 15.4. The first kappa shape index (κ1) is 22.8. The van der Waals surface area contributed by atoms with Gasteiger partial charge in [0.1, 0.15) is 4.83 Å². The maximum atomic E-state index is 13.9. The molecule has 2 aromatic carbocycles. The molecule has 0 bridgehead atoms. The molecule has 2 aromatic heterocycles. The van der Waals surface area contributed by atoms with Crippen LogP contribution >= 0.6 is 23.1 Å². The molecule has 6 nitrogen and oxygen atoms in total. The van der Waals surface area contributed by atoms with Crippen molar-refractivity contribution in [1.82, 2.24) is 9.55 Å². The van der Waals surface area contributed by atoms with Gasteiger partial charge in [-0.2, -0.15) is 0 Å². The highest BCUT2D eigenvalue weighted by Gasteiger charge is 2.28. The number of anilines is 1. The largest absolute Gasteiger partial charge is 0.372 e. The van der Waals surface area contributed by atoms with E-state index in [1.807, 2.05) is 60.7 Å². The predicted octanol–water partition coefficient (Wildman–Crippen LogP) is 5.28. The standard InChI is InChI=1S/C26H25N3O3S2/c1-16(2)20-13-19-21(14-32-20)34-24-23(19)25(31)29(18-11-7-4-8-12-18)26(28-24)33-15-22(30)27-17-9-5-3-6-10-17/h3-12,16,20H,13-15H2,1-2H3,(H,27,30)/t20-/m0/s1. The first-order valence-electron chi connectivity index (χ1n) is 11.2. The molecule has 174 valence electrons. The molecule has 3 heterocycles. The van der Waals surface area contributed by atoms with Crippen LogP contribution in [0.1, 0.15) is 24.3 Å². The van der Waals surface area contributed by atoms with Crippen LogP contribution in [-0.2, 0) is 22.6 Å². The number of hydrogen-bond acceptors (Lipinski definition) is 6. The van der Waals surface area contributed by atoms with Crippen molar-refractivity contribution in [2.24, 2.45) is 5.92 Å². The van der Waals surface area contributed by atoms with Crippen molar-refractivity contribution in [3.05, 3.63) is 81.5 Å². The number of amides is 1. The second-order valence-electron chi connectivity index (χ2n) is 8.55. The second-order valence-corrected chi connectivity index (χ2v) is 10.6. The SMILES string of the molecule is CC(C)[C@@H]1Cc2c(sc3nc(SCC(=O)Nc4ccccc4)n(-c4ccccc4)c(=O)c23)CO1. The highest BCUT2D eigenvalue weighted by Crippen LogP contribution is 2.36. The van der Waals surface area contributed by atoms with Gasteiger partial charge in [0.2, 0.25) is 5.91 Å². The number of nitrogens with zero attached hydrogens (tertiary/aromatic N) is 2. The zero-order chi connectivity index (χ0) is 23.7. The Kier molecular flexibility index (Phi) is 6.54. The molecule has 0 radical (unpaired) electrons. The number of hydrogen-bond donors (Lipinski definition) is 1. The average molecular weight is 492 g/mol. The van der Waals surface area contributed by atoms with Crippen molar-refractivity contribution in [1.29, 1.82) is 0 Å². The minimum atomic E-state index is -0.149. The number of thioether (sulfide) groups is 1. The third kappa shape index (κ3) is 4.53. The number of carbonyl (C=O) groups excluding carboxylic acids is 1. The highest BCUT2D eigenvalue weighted by molar-refractivity contribution is 7.99. The van der Waals surface area contributed by atoms with Gasteiger partial charge in [0.05, 0.1) is 29.5 Å². The summed E-state index contributed by atoms with van der Waals surface area (Å²) in [6, 6.07) is 18.8. The zero-order valence-electron chi connectivity index (χ0n) is 19.0. The molecule has 1 amide bonds. The van der Waals surface area contributed by atoms with E-state index in [2.05, 4.69) is 19.2 Å². The summed E-state index contributed by atoms with van der Waals surface area (Å²) in [5.41, 5.74) is 2.44. The fraction of sp³-hybridized carbons (Fsp3) is 0.269. The van der Waals surface area contributed by atoms with E-state index >= 15 is 0 Å². The average Bonchev–Trinajstić information content (AvgIpc) is 3.22. The molecule has 0 aliphatic carbocycles. The van der Waals surface area contributed by atoms with Crippen molar-refractivity contribution in [2.75, 3.05) is 11.1 Å². The van der Waals surface area contributed by atoms with E-state index in [0.29, 0.717) is 34.3 Å². The van der Waals surface area contributed by atoms with Crippen molar-refractivity contribution < 1.29 is 9.53 Å². The zero-order valence-corrected chi connectivity index (χ0v) is 20.6. The highest BCUT2D eigenvalue weighted by atomic mass is 32.2. The summed E-state index contributed by atoms with van der Waals surface area (Å²) in [6.07, 6.45) is 0.802. The smallest absolute Gasteiger partial charge is 0.267 e. The third-order valence-electron chi connectivity index (χ3n) is 5.86. The first-order valence-corrected chi connectivity index (χ1v) is 13.0. The van der Waals surface area contributed by atoms with Gasteiger partial charge < -0.3 is 10.1 Å². The van der Waals surface area contributed by atoms with Crippen molar-refractivity contribution >= 4 is 44.9 Å². The van der Waals surface area contributed by atoms with Gasteiger partial charge >= 0.3 is 0 Å². The lowest BCUT2D eigenvalue weighted by Crippen LogP contribution is -2.28. The Labute approximate surface area is 206 Å². The van der Waals surface area contributed by atoms with Gasteiger partial charge in [0.25, 0.3) is 5.56 Å².